The molecule has 1 fully saturated rings. The summed E-state index contributed by atoms with van der Waals surface area (Å²) in [6, 6.07) is 1.52. The zero-order valence-corrected chi connectivity index (χ0v) is 19.0. The number of thioether (sulfide) groups is 1. The molecule has 2 aromatic heterocycles. The number of amides is 3. The first-order chi connectivity index (χ1) is 14.4. The highest BCUT2D eigenvalue weighted by Crippen LogP contribution is 2.25. The van der Waals surface area contributed by atoms with Crippen molar-refractivity contribution in [1.82, 2.24) is 20.2 Å². The van der Waals surface area contributed by atoms with Gasteiger partial charge in [0.1, 0.15) is 4.83 Å². The summed E-state index contributed by atoms with van der Waals surface area (Å²) in [4.78, 5) is 43.7. The summed E-state index contributed by atoms with van der Waals surface area (Å²) < 4.78 is 1.52. The normalized spacial score (nSPS) is 18.9. The Labute approximate surface area is 184 Å². The number of aromatic nitrogens is 2. The van der Waals surface area contributed by atoms with Crippen LogP contribution in [0.2, 0.25) is 0 Å². The summed E-state index contributed by atoms with van der Waals surface area (Å²) in [5.41, 5.74) is -0.136. The van der Waals surface area contributed by atoms with E-state index in [4.69, 9.17) is 0 Å². The molecule has 2 heterocycles. The number of carbonyl (C=O) groups is 2. The summed E-state index contributed by atoms with van der Waals surface area (Å²) in [5.74, 6) is -0.00713. The minimum absolute atomic E-state index is 0.00522. The molecule has 0 aliphatic heterocycles. The fourth-order valence-electron chi connectivity index (χ4n) is 3.65. The van der Waals surface area contributed by atoms with Gasteiger partial charge in [0.15, 0.2) is 5.16 Å². The van der Waals surface area contributed by atoms with Crippen molar-refractivity contribution < 1.29 is 9.59 Å². The van der Waals surface area contributed by atoms with Crippen LogP contribution in [0.3, 0.4) is 0 Å². The van der Waals surface area contributed by atoms with Crippen LogP contribution in [0.1, 0.15) is 44.4 Å². The van der Waals surface area contributed by atoms with Gasteiger partial charge in [-0.25, -0.2) is 9.78 Å². The van der Waals surface area contributed by atoms with E-state index in [1.807, 2.05) is 13.0 Å². The van der Waals surface area contributed by atoms with Crippen molar-refractivity contribution in [2.75, 3.05) is 5.75 Å². The van der Waals surface area contributed by atoms with Gasteiger partial charge in [0.05, 0.1) is 11.1 Å². The van der Waals surface area contributed by atoms with Crippen LogP contribution in [-0.2, 0) is 17.8 Å². The first-order valence-electron chi connectivity index (χ1n) is 10.3. The van der Waals surface area contributed by atoms with E-state index in [9.17, 15) is 14.4 Å². The molecule has 0 aromatic carbocycles. The van der Waals surface area contributed by atoms with Crippen molar-refractivity contribution in [3.05, 3.63) is 34.0 Å². The number of nitrogens with zero attached hydrogens (tertiary/aromatic N) is 2. The predicted molar refractivity (Wildman–Crippen MR) is 122 cm³/mol. The van der Waals surface area contributed by atoms with Crippen LogP contribution < -0.4 is 16.2 Å². The topological polar surface area (TPSA) is 93.1 Å². The van der Waals surface area contributed by atoms with Gasteiger partial charge in [-0.3, -0.25) is 19.5 Å². The number of imide groups is 1. The Morgan fingerprint density at radius 1 is 1.40 bits per heavy atom. The fourth-order valence-corrected chi connectivity index (χ4v) is 5.47. The quantitative estimate of drug-likeness (QED) is 0.383. The van der Waals surface area contributed by atoms with E-state index in [0.717, 1.165) is 42.3 Å². The molecule has 2 N–H and O–H groups in total. The molecule has 1 saturated carbocycles. The maximum atomic E-state index is 12.8. The molecule has 2 aromatic rings. The lowest BCUT2D eigenvalue weighted by atomic mass is 9.86. The van der Waals surface area contributed by atoms with E-state index in [1.165, 1.54) is 22.3 Å². The zero-order valence-electron chi connectivity index (χ0n) is 17.4. The lowest BCUT2D eigenvalue weighted by molar-refractivity contribution is -0.117. The fraction of sp³-hybridized carbons (Fsp3) is 0.524. The first-order valence-corrected chi connectivity index (χ1v) is 12.1. The molecule has 0 bridgehead atoms. The van der Waals surface area contributed by atoms with Crippen molar-refractivity contribution in [2.45, 2.75) is 63.7 Å². The molecule has 7 nitrogen and oxygen atoms in total. The second kappa shape index (κ2) is 10.3. The van der Waals surface area contributed by atoms with Gasteiger partial charge in [-0.2, -0.15) is 0 Å². The number of thiophene rings is 1. The molecule has 0 unspecified atom stereocenters. The van der Waals surface area contributed by atoms with Crippen LogP contribution in [0, 0.1) is 5.92 Å². The first kappa shape index (κ1) is 22.6. The summed E-state index contributed by atoms with van der Waals surface area (Å²) in [6.45, 7) is 8.17. The van der Waals surface area contributed by atoms with E-state index in [-0.39, 0.29) is 17.4 Å². The van der Waals surface area contributed by atoms with E-state index < -0.39 is 11.9 Å². The molecule has 0 radical (unpaired) electrons. The summed E-state index contributed by atoms with van der Waals surface area (Å²) in [7, 11) is 0. The smallest absolute Gasteiger partial charge is 0.321 e. The maximum absolute atomic E-state index is 12.8. The summed E-state index contributed by atoms with van der Waals surface area (Å²) in [5, 5.41) is 6.34. The molecular weight excluding hydrogens is 420 g/mol. The van der Waals surface area contributed by atoms with Crippen LogP contribution >= 0.6 is 23.1 Å². The Morgan fingerprint density at radius 2 is 2.17 bits per heavy atom. The Bertz CT molecular complexity index is 998. The Balaban J connectivity index is 1.66. The lowest BCUT2D eigenvalue weighted by Gasteiger charge is -2.29. The number of carbonyl (C=O) groups excluding carboxylic acids is 2. The van der Waals surface area contributed by atoms with Crippen molar-refractivity contribution in [3.8, 4) is 0 Å². The average Bonchev–Trinajstić information content (AvgIpc) is 3.14. The van der Waals surface area contributed by atoms with E-state index in [0.29, 0.717) is 27.8 Å². The molecular formula is C21H28N4O3S2. The summed E-state index contributed by atoms with van der Waals surface area (Å²) >= 11 is 2.64. The lowest BCUT2D eigenvalue weighted by Crippen LogP contribution is -2.48. The molecule has 30 heavy (non-hydrogen) atoms. The molecule has 2 atom stereocenters. The molecule has 9 heteroatoms. The van der Waals surface area contributed by atoms with Crippen molar-refractivity contribution in [3.63, 3.8) is 0 Å². The van der Waals surface area contributed by atoms with Gasteiger partial charge in [-0.15, -0.1) is 17.9 Å². The maximum Gasteiger partial charge on any atom is 0.321 e. The van der Waals surface area contributed by atoms with Gasteiger partial charge in [0, 0.05) is 17.5 Å². The van der Waals surface area contributed by atoms with Gasteiger partial charge < -0.3 is 5.32 Å². The highest BCUT2D eigenvalue weighted by atomic mass is 32.2. The number of allylic oxidation sites excluding steroid dienone is 1. The van der Waals surface area contributed by atoms with Crippen LogP contribution in [0.15, 0.2) is 28.7 Å². The Kier molecular flexibility index (Phi) is 7.71. The largest absolute Gasteiger partial charge is 0.335 e. The second-order valence-corrected chi connectivity index (χ2v) is 9.62. The standard InChI is InChI=1S/C21H28N4O3S2/c1-4-10-25-19(27)15-11-14(5-2)30-18(15)24-21(25)29-12-17(26)23-20(28)22-16-9-7-6-8-13(16)3/h4,11,13,16H,1,5-10,12H2,2-3H3,(H2,22,23,26,28)/t13-,16-/m1/s1. The number of urea groups is 1. The Morgan fingerprint density at radius 3 is 2.87 bits per heavy atom. The number of fused-ring (bicyclic) bond motifs is 1. The van der Waals surface area contributed by atoms with Crippen LogP contribution in [0.4, 0.5) is 4.79 Å². The van der Waals surface area contributed by atoms with Gasteiger partial charge in [-0.1, -0.05) is 44.5 Å². The predicted octanol–water partition coefficient (Wildman–Crippen LogP) is 3.70. The highest BCUT2D eigenvalue weighted by Gasteiger charge is 2.23. The van der Waals surface area contributed by atoms with Gasteiger partial charge >= 0.3 is 6.03 Å². The van der Waals surface area contributed by atoms with Crippen molar-refractivity contribution in [2.24, 2.45) is 5.92 Å². The average molecular weight is 449 g/mol. The molecule has 1 aliphatic rings. The second-order valence-electron chi connectivity index (χ2n) is 7.56. The van der Waals surface area contributed by atoms with Crippen LogP contribution in [0.25, 0.3) is 10.2 Å². The van der Waals surface area contributed by atoms with Crippen LogP contribution in [0.5, 0.6) is 0 Å². The van der Waals surface area contributed by atoms with E-state index in [2.05, 4.69) is 29.1 Å². The number of nitrogens with one attached hydrogen (secondary N) is 2. The van der Waals surface area contributed by atoms with Crippen LogP contribution in [-0.4, -0.2) is 33.3 Å². The monoisotopic (exact) mass is 448 g/mol. The molecule has 3 rings (SSSR count). The van der Waals surface area contributed by atoms with Crippen molar-refractivity contribution in [1.29, 1.82) is 0 Å². The third-order valence-electron chi connectivity index (χ3n) is 5.34. The summed E-state index contributed by atoms with van der Waals surface area (Å²) in [6.07, 6.45) is 6.77. The van der Waals surface area contributed by atoms with Gasteiger partial charge in [-0.05, 0) is 31.2 Å². The van der Waals surface area contributed by atoms with Crippen molar-refractivity contribution >= 4 is 45.3 Å². The molecule has 162 valence electrons. The zero-order chi connectivity index (χ0) is 21.7. The minimum atomic E-state index is -0.461. The molecule has 0 saturated heterocycles. The molecule has 0 spiro atoms. The van der Waals surface area contributed by atoms with E-state index in [1.54, 1.807) is 6.08 Å². The van der Waals surface area contributed by atoms with E-state index >= 15 is 0 Å². The van der Waals surface area contributed by atoms with Gasteiger partial charge in [0.25, 0.3) is 5.56 Å². The highest BCUT2D eigenvalue weighted by molar-refractivity contribution is 7.99. The number of hydrogen-bond acceptors (Lipinski definition) is 6. The third-order valence-corrected chi connectivity index (χ3v) is 7.49. The molecule has 3 amide bonds. The number of aryl methyl sites for hydroxylation is 1. The van der Waals surface area contributed by atoms with Gasteiger partial charge in [0.2, 0.25) is 5.91 Å². The third kappa shape index (κ3) is 5.31. The minimum Gasteiger partial charge on any atom is -0.335 e. The molecule has 1 aliphatic carbocycles. The number of rotatable bonds is 7. The SMILES string of the molecule is C=CCn1c(SCC(=O)NC(=O)N[C@@H]2CCCC[C@H]2C)nc2sc(CC)cc2c1=O. The number of hydrogen-bond donors (Lipinski definition) is 2. The Hall–Kier alpha value is -2.13.